The summed E-state index contributed by atoms with van der Waals surface area (Å²) in [7, 11) is 0. The minimum Gasteiger partial charge on any atom is -0.378 e. The summed E-state index contributed by atoms with van der Waals surface area (Å²) in [6.07, 6.45) is 8.01. The number of carbonyl (C=O) groups is 1. The number of aromatic nitrogens is 2. The van der Waals surface area contributed by atoms with Crippen molar-refractivity contribution in [3.05, 3.63) is 59.5 Å². The van der Waals surface area contributed by atoms with Gasteiger partial charge in [0.05, 0.1) is 23.6 Å². The lowest BCUT2D eigenvalue weighted by Crippen LogP contribution is -2.36. The van der Waals surface area contributed by atoms with Crippen LogP contribution in [0.1, 0.15) is 25.1 Å². The van der Waals surface area contributed by atoms with Crippen molar-refractivity contribution < 1.29 is 14.2 Å². The van der Waals surface area contributed by atoms with E-state index in [4.69, 9.17) is 4.28 Å². The summed E-state index contributed by atoms with van der Waals surface area (Å²) in [5, 5.41) is 16.8. The molecule has 2 aliphatic rings. The highest BCUT2D eigenvalue weighted by atomic mass is 32.2. The van der Waals surface area contributed by atoms with Crippen molar-refractivity contribution in [3.8, 4) is 0 Å². The molecule has 0 saturated heterocycles. The van der Waals surface area contributed by atoms with E-state index in [2.05, 4.69) is 11.2 Å². The van der Waals surface area contributed by atoms with Gasteiger partial charge < -0.3 is 10.0 Å². The van der Waals surface area contributed by atoms with Crippen LogP contribution in [0.25, 0.3) is 0 Å². The van der Waals surface area contributed by atoms with Crippen LogP contribution in [0, 0.1) is 0 Å². The number of anilines is 2. The lowest BCUT2D eigenvalue weighted by Gasteiger charge is -2.20. The second-order valence-electron chi connectivity index (χ2n) is 6.67. The van der Waals surface area contributed by atoms with Gasteiger partial charge in [0, 0.05) is 53.4 Å². The first kappa shape index (κ1) is 20.1. The normalized spacial score (nSPS) is 16.3. The standard InChI is InChI=1S/C20H22N4O3S2/c1-4-6-13(5-2)19(25)20(26)22-10-14-11-23(21-16(14)12-22)29-15-7-8-17-18(9-15)24(17)27-28-3/h4-9,11,19,25H,10,12H2,1-3H3/b6-4-,13-5+. The van der Waals surface area contributed by atoms with Crippen LogP contribution >= 0.6 is 24.0 Å². The molecule has 152 valence electrons. The molecule has 0 radical (unpaired) electrons. The molecule has 7 nitrogen and oxygen atoms in total. The Balaban J connectivity index is 1.39. The van der Waals surface area contributed by atoms with E-state index in [1.54, 1.807) is 22.1 Å². The second kappa shape index (κ2) is 8.27. The smallest absolute Gasteiger partial charge is 0.256 e. The number of carbonyl (C=O) groups excluding carboxylic acids is 1. The lowest BCUT2D eigenvalue weighted by molar-refractivity contribution is -0.138. The van der Waals surface area contributed by atoms with E-state index < -0.39 is 6.10 Å². The predicted molar refractivity (Wildman–Crippen MR) is 115 cm³/mol. The fourth-order valence-corrected chi connectivity index (χ4v) is 4.45. The van der Waals surface area contributed by atoms with Crippen LogP contribution in [-0.2, 0) is 22.2 Å². The number of aliphatic hydroxyl groups is 1. The minimum atomic E-state index is -1.15. The second-order valence-corrected chi connectivity index (χ2v) is 8.18. The Morgan fingerprint density at radius 1 is 1.31 bits per heavy atom. The molecule has 0 fully saturated rings. The van der Waals surface area contributed by atoms with Crippen LogP contribution in [-0.4, -0.2) is 37.5 Å². The molecule has 0 spiro atoms. The number of rotatable bonds is 7. The maximum atomic E-state index is 12.6. The number of fused-ring (bicyclic) bond motifs is 2. The molecule has 29 heavy (non-hydrogen) atoms. The van der Waals surface area contributed by atoms with E-state index in [9.17, 15) is 9.90 Å². The molecule has 1 amide bonds. The number of nitrogens with zero attached hydrogens (tertiary/aromatic N) is 4. The van der Waals surface area contributed by atoms with Crippen molar-refractivity contribution in [1.29, 1.82) is 0 Å². The summed E-state index contributed by atoms with van der Waals surface area (Å²) in [6.45, 7) is 4.54. The molecule has 2 aromatic rings. The summed E-state index contributed by atoms with van der Waals surface area (Å²) < 4.78 is 7.25. The zero-order valence-corrected chi connectivity index (χ0v) is 18.0. The van der Waals surface area contributed by atoms with Gasteiger partial charge in [-0.1, -0.05) is 18.2 Å². The SMILES string of the molecule is C/C=C\C(=C/C)C(O)C(=O)N1Cc2cn(Sc3ccc4c(c3)N4OSC)nc2C1. The van der Waals surface area contributed by atoms with Crippen LogP contribution in [0.15, 0.2) is 53.1 Å². The zero-order valence-electron chi connectivity index (χ0n) is 16.4. The summed E-state index contributed by atoms with van der Waals surface area (Å²) in [4.78, 5) is 15.3. The van der Waals surface area contributed by atoms with E-state index in [0.29, 0.717) is 18.7 Å². The van der Waals surface area contributed by atoms with Gasteiger partial charge in [-0.2, -0.15) is 9.38 Å². The van der Waals surface area contributed by atoms with Crippen LogP contribution in [0.5, 0.6) is 0 Å². The van der Waals surface area contributed by atoms with Crippen LogP contribution in [0.3, 0.4) is 0 Å². The largest absolute Gasteiger partial charge is 0.378 e. The molecule has 1 aromatic carbocycles. The average Bonchev–Trinajstić information content (AvgIpc) is 3.03. The fraction of sp³-hybridized carbons (Fsp3) is 0.300. The van der Waals surface area contributed by atoms with E-state index in [1.165, 1.54) is 24.0 Å². The molecule has 4 rings (SSSR count). The van der Waals surface area contributed by atoms with Gasteiger partial charge in [-0.25, -0.2) is 9.15 Å². The third-order valence-electron chi connectivity index (χ3n) is 4.79. The predicted octanol–water partition coefficient (Wildman–Crippen LogP) is 3.83. The average molecular weight is 431 g/mol. The Labute approximate surface area is 178 Å². The van der Waals surface area contributed by atoms with Gasteiger partial charge in [0.25, 0.3) is 5.91 Å². The molecule has 3 heterocycles. The maximum Gasteiger partial charge on any atom is 0.256 e. The number of allylic oxidation sites excluding steroid dienone is 2. The first-order valence-corrected chi connectivity index (χ1v) is 11.1. The minimum absolute atomic E-state index is 0.298. The van der Waals surface area contributed by atoms with Gasteiger partial charge >= 0.3 is 0 Å². The summed E-state index contributed by atoms with van der Waals surface area (Å²) >= 11 is 2.83. The molecule has 0 bridgehead atoms. The quantitative estimate of drug-likeness (QED) is 0.407. The van der Waals surface area contributed by atoms with E-state index in [1.807, 2.05) is 48.6 Å². The van der Waals surface area contributed by atoms with E-state index >= 15 is 0 Å². The van der Waals surface area contributed by atoms with Crippen LogP contribution in [0.2, 0.25) is 0 Å². The van der Waals surface area contributed by atoms with E-state index in [-0.39, 0.29) is 5.91 Å². The monoisotopic (exact) mass is 430 g/mol. The van der Waals surface area contributed by atoms with Gasteiger partial charge in [-0.15, -0.1) is 0 Å². The van der Waals surface area contributed by atoms with Gasteiger partial charge in [-0.3, -0.25) is 4.79 Å². The summed E-state index contributed by atoms with van der Waals surface area (Å²) in [5.41, 5.74) is 4.62. The molecular weight excluding hydrogens is 408 g/mol. The third-order valence-corrected chi connectivity index (χ3v) is 5.93. The molecule has 0 saturated carbocycles. The van der Waals surface area contributed by atoms with Crippen molar-refractivity contribution in [2.75, 3.05) is 11.3 Å². The molecule has 9 heteroatoms. The number of hydrogen-bond acceptors (Lipinski definition) is 7. The highest BCUT2D eigenvalue weighted by Gasteiger charge is 2.32. The molecule has 1 N–H and O–H groups in total. The third kappa shape index (κ3) is 3.95. The molecule has 1 unspecified atom stereocenters. The Morgan fingerprint density at radius 2 is 2.14 bits per heavy atom. The van der Waals surface area contributed by atoms with Crippen molar-refractivity contribution in [3.63, 3.8) is 0 Å². The molecular formula is C20H22N4O3S2. The highest BCUT2D eigenvalue weighted by molar-refractivity contribution is 7.97. The van der Waals surface area contributed by atoms with Crippen LogP contribution in [0.4, 0.5) is 11.4 Å². The zero-order chi connectivity index (χ0) is 20.5. The molecule has 1 aromatic heterocycles. The van der Waals surface area contributed by atoms with Crippen molar-refractivity contribution in [2.45, 2.75) is 37.9 Å². The van der Waals surface area contributed by atoms with Crippen molar-refractivity contribution >= 4 is 41.3 Å². The fourth-order valence-electron chi connectivity index (χ4n) is 3.31. The van der Waals surface area contributed by atoms with Gasteiger partial charge in [0.2, 0.25) is 0 Å². The Hall–Kier alpha value is -2.20. The molecule has 1 atom stereocenters. The number of hydrogen-bond donors (Lipinski definition) is 1. The Kier molecular flexibility index (Phi) is 5.73. The first-order chi connectivity index (χ1) is 14.0. The Bertz CT molecular complexity index is 978. The summed E-state index contributed by atoms with van der Waals surface area (Å²) in [5.74, 6) is -0.298. The first-order valence-electron chi connectivity index (χ1n) is 9.22. The lowest BCUT2D eigenvalue weighted by atomic mass is 10.1. The van der Waals surface area contributed by atoms with Gasteiger partial charge in [-0.05, 0) is 37.6 Å². The Morgan fingerprint density at radius 3 is 2.83 bits per heavy atom. The van der Waals surface area contributed by atoms with Gasteiger partial charge in [0.1, 0.15) is 0 Å². The summed E-state index contributed by atoms with van der Waals surface area (Å²) in [6, 6.07) is 6.12. The number of amides is 1. The molecule has 2 aliphatic heterocycles. The highest BCUT2D eigenvalue weighted by Crippen LogP contribution is 2.50. The maximum absolute atomic E-state index is 12.6. The van der Waals surface area contributed by atoms with Crippen molar-refractivity contribution in [1.82, 2.24) is 14.1 Å². The topological polar surface area (TPSA) is 70.6 Å². The van der Waals surface area contributed by atoms with Crippen LogP contribution < -0.4 is 5.06 Å². The number of benzene rings is 1. The number of aliphatic hydroxyl groups excluding tert-OH is 1. The van der Waals surface area contributed by atoms with Gasteiger partial charge in [0.15, 0.2) is 6.10 Å². The molecule has 0 aliphatic carbocycles. The van der Waals surface area contributed by atoms with Crippen molar-refractivity contribution in [2.24, 2.45) is 0 Å². The van der Waals surface area contributed by atoms with E-state index in [0.717, 1.165) is 27.5 Å².